The van der Waals surface area contributed by atoms with Gasteiger partial charge in [-0.25, -0.2) is 0 Å². The lowest BCUT2D eigenvalue weighted by atomic mass is 10.0. The minimum atomic E-state index is 0.564. The highest BCUT2D eigenvalue weighted by Crippen LogP contribution is 2.24. The molecule has 0 aliphatic carbocycles. The van der Waals surface area contributed by atoms with Crippen LogP contribution in [0.1, 0.15) is 18.9 Å². The molecule has 0 saturated heterocycles. The van der Waals surface area contributed by atoms with E-state index < -0.39 is 0 Å². The first-order valence-electron chi connectivity index (χ1n) is 5.20. The Hall–Kier alpha value is -0.540. The van der Waals surface area contributed by atoms with Crippen LogP contribution in [0.2, 0.25) is 0 Å². The first-order valence-corrected chi connectivity index (χ1v) is 5.99. The molecule has 0 fully saturated rings. The van der Waals surface area contributed by atoms with Crippen LogP contribution in [0.15, 0.2) is 22.7 Å². The third kappa shape index (κ3) is 3.84. The first-order chi connectivity index (χ1) is 7.17. The van der Waals surface area contributed by atoms with E-state index in [2.05, 4.69) is 28.9 Å². The normalized spacial score (nSPS) is 12.5. The minimum Gasteiger partial charge on any atom is -0.496 e. The molecule has 3 heteroatoms. The summed E-state index contributed by atoms with van der Waals surface area (Å²) in [6, 6.07) is 6.10. The zero-order chi connectivity index (χ0) is 11.3. The van der Waals surface area contributed by atoms with Crippen molar-refractivity contribution >= 4 is 15.9 Å². The number of methoxy groups -OCH3 is 1. The van der Waals surface area contributed by atoms with E-state index in [1.54, 1.807) is 7.11 Å². The van der Waals surface area contributed by atoms with Crippen molar-refractivity contribution in [2.45, 2.75) is 19.8 Å². The monoisotopic (exact) mass is 271 g/mol. The number of nitrogens with two attached hydrogens (primary N) is 1. The molecule has 0 bridgehead atoms. The summed E-state index contributed by atoms with van der Waals surface area (Å²) < 4.78 is 6.41. The van der Waals surface area contributed by atoms with Gasteiger partial charge in [0, 0.05) is 4.47 Å². The van der Waals surface area contributed by atoms with Crippen LogP contribution in [-0.2, 0) is 6.42 Å². The molecule has 1 aromatic carbocycles. The second kappa shape index (κ2) is 6.13. The Morgan fingerprint density at radius 1 is 1.47 bits per heavy atom. The number of hydrogen-bond donors (Lipinski definition) is 1. The Labute approximate surface area is 99.9 Å². The lowest BCUT2D eigenvalue weighted by molar-refractivity contribution is 0.407. The van der Waals surface area contributed by atoms with Crippen LogP contribution in [0.25, 0.3) is 0 Å². The Morgan fingerprint density at radius 3 is 2.80 bits per heavy atom. The van der Waals surface area contributed by atoms with Crippen molar-refractivity contribution in [2.75, 3.05) is 13.7 Å². The van der Waals surface area contributed by atoms with E-state index in [0.29, 0.717) is 5.92 Å². The van der Waals surface area contributed by atoms with Gasteiger partial charge in [0.25, 0.3) is 0 Å². The van der Waals surface area contributed by atoms with Gasteiger partial charge in [0.2, 0.25) is 0 Å². The summed E-state index contributed by atoms with van der Waals surface area (Å²) in [5.74, 6) is 1.52. The SMILES string of the molecule is COc1ccc(Br)cc1CCC(C)CN. The van der Waals surface area contributed by atoms with Gasteiger partial charge in [0.1, 0.15) is 5.75 Å². The maximum absolute atomic E-state index is 5.60. The molecule has 0 amide bonds. The summed E-state index contributed by atoms with van der Waals surface area (Å²) in [6.45, 7) is 2.92. The van der Waals surface area contributed by atoms with E-state index >= 15 is 0 Å². The average molecular weight is 272 g/mol. The van der Waals surface area contributed by atoms with Crippen molar-refractivity contribution in [3.05, 3.63) is 28.2 Å². The van der Waals surface area contributed by atoms with Crippen LogP contribution in [-0.4, -0.2) is 13.7 Å². The molecular formula is C12H18BrNO. The second-order valence-electron chi connectivity index (χ2n) is 3.84. The van der Waals surface area contributed by atoms with Gasteiger partial charge in [-0.3, -0.25) is 0 Å². The van der Waals surface area contributed by atoms with Crippen molar-refractivity contribution in [2.24, 2.45) is 11.7 Å². The fourth-order valence-corrected chi connectivity index (χ4v) is 1.87. The van der Waals surface area contributed by atoms with Gasteiger partial charge in [-0.1, -0.05) is 22.9 Å². The van der Waals surface area contributed by atoms with Crippen LogP contribution in [0.5, 0.6) is 5.75 Å². The maximum Gasteiger partial charge on any atom is 0.122 e. The third-order valence-corrected chi connectivity index (χ3v) is 3.04. The van der Waals surface area contributed by atoms with Crippen LogP contribution in [0.4, 0.5) is 0 Å². The molecule has 1 rings (SSSR count). The quantitative estimate of drug-likeness (QED) is 0.894. The van der Waals surface area contributed by atoms with Crippen LogP contribution in [0.3, 0.4) is 0 Å². The molecule has 2 nitrogen and oxygen atoms in total. The fraction of sp³-hybridized carbons (Fsp3) is 0.500. The number of rotatable bonds is 5. The number of ether oxygens (including phenoxy) is 1. The molecular weight excluding hydrogens is 254 g/mol. The van der Waals surface area contributed by atoms with Gasteiger partial charge >= 0.3 is 0 Å². The molecule has 0 spiro atoms. The number of aryl methyl sites for hydroxylation is 1. The first kappa shape index (κ1) is 12.5. The molecule has 0 saturated carbocycles. The summed E-state index contributed by atoms with van der Waals surface area (Å²) in [7, 11) is 1.71. The number of halogens is 1. The molecule has 0 aliphatic heterocycles. The number of hydrogen-bond acceptors (Lipinski definition) is 2. The Bertz CT molecular complexity index is 314. The Kier molecular flexibility index (Phi) is 5.12. The van der Waals surface area contributed by atoms with Gasteiger partial charge in [0.05, 0.1) is 7.11 Å². The largest absolute Gasteiger partial charge is 0.496 e. The van der Waals surface area contributed by atoms with Crippen molar-refractivity contribution in [3.8, 4) is 5.75 Å². The summed E-state index contributed by atoms with van der Waals surface area (Å²) in [4.78, 5) is 0. The lowest BCUT2D eigenvalue weighted by Crippen LogP contribution is -2.11. The van der Waals surface area contributed by atoms with E-state index in [1.165, 1.54) is 5.56 Å². The molecule has 1 unspecified atom stereocenters. The smallest absolute Gasteiger partial charge is 0.122 e. The molecule has 15 heavy (non-hydrogen) atoms. The van der Waals surface area contributed by atoms with Crippen molar-refractivity contribution in [3.63, 3.8) is 0 Å². The van der Waals surface area contributed by atoms with Crippen LogP contribution < -0.4 is 10.5 Å². The van der Waals surface area contributed by atoms with Crippen LogP contribution in [0, 0.1) is 5.92 Å². The molecule has 0 heterocycles. The van der Waals surface area contributed by atoms with Crippen molar-refractivity contribution in [1.29, 1.82) is 0 Å². The molecule has 84 valence electrons. The van der Waals surface area contributed by atoms with E-state index in [0.717, 1.165) is 29.6 Å². The zero-order valence-corrected chi connectivity index (χ0v) is 10.9. The number of benzene rings is 1. The molecule has 0 aromatic heterocycles. The predicted octanol–water partition coefficient (Wildman–Crippen LogP) is 2.99. The topological polar surface area (TPSA) is 35.2 Å². The van der Waals surface area contributed by atoms with Crippen molar-refractivity contribution < 1.29 is 4.74 Å². The highest BCUT2D eigenvalue weighted by molar-refractivity contribution is 9.10. The summed E-state index contributed by atoms with van der Waals surface area (Å²) >= 11 is 3.47. The highest BCUT2D eigenvalue weighted by atomic mass is 79.9. The second-order valence-corrected chi connectivity index (χ2v) is 4.75. The van der Waals surface area contributed by atoms with Crippen molar-refractivity contribution in [1.82, 2.24) is 0 Å². The van der Waals surface area contributed by atoms with Gasteiger partial charge in [-0.05, 0) is 49.1 Å². The third-order valence-electron chi connectivity index (χ3n) is 2.55. The molecule has 1 atom stereocenters. The summed E-state index contributed by atoms with van der Waals surface area (Å²) in [5.41, 5.74) is 6.84. The van der Waals surface area contributed by atoms with Gasteiger partial charge < -0.3 is 10.5 Å². The van der Waals surface area contributed by atoms with E-state index in [-0.39, 0.29) is 0 Å². The summed E-state index contributed by atoms with van der Waals surface area (Å²) in [6.07, 6.45) is 2.12. The maximum atomic E-state index is 5.60. The highest BCUT2D eigenvalue weighted by Gasteiger charge is 2.06. The van der Waals surface area contributed by atoms with E-state index in [4.69, 9.17) is 10.5 Å². The molecule has 2 N–H and O–H groups in total. The van der Waals surface area contributed by atoms with E-state index in [1.807, 2.05) is 12.1 Å². The molecule has 1 aromatic rings. The van der Waals surface area contributed by atoms with Gasteiger partial charge in [-0.2, -0.15) is 0 Å². The fourth-order valence-electron chi connectivity index (χ4n) is 1.46. The van der Waals surface area contributed by atoms with Gasteiger partial charge in [-0.15, -0.1) is 0 Å². The minimum absolute atomic E-state index is 0.564. The molecule has 0 radical (unpaired) electrons. The summed E-state index contributed by atoms with van der Waals surface area (Å²) in [5, 5.41) is 0. The van der Waals surface area contributed by atoms with Crippen LogP contribution >= 0.6 is 15.9 Å². The van der Waals surface area contributed by atoms with E-state index in [9.17, 15) is 0 Å². The molecule has 0 aliphatic rings. The van der Waals surface area contributed by atoms with Gasteiger partial charge in [0.15, 0.2) is 0 Å². The lowest BCUT2D eigenvalue weighted by Gasteiger charge is -2.11. The average Bonchev–Trinajstić information content (AvgIpc) is 2.26. The Balaban J connectivity index is 2.69. The Morgan fingerprint density at radius 2 is 2.20 bits per heavy atom. The standard InChI is InChI=1S/C12H18BrNO/c1-9(8-14)3-4-10-7-11(13)5-6-12(10)15-2/h5-7,9H,3-4,8,14H2,1-2H3. The predicted molar refractivity (Wildman–Crippen MR) is 67.2 cm³/mol. The zero-order valence-electron chi connectivity index (χ0n) is 9.29.